The van der Waals surface area contributed by atoms with E-state index in [4.69, 9.17) is 11.6 Å². The van der Waals surface area contributed by atoms with Crippen LogP contribution in [0.15, 0.2) is 24.3 Å². The third-order valence-corrected chi connectivity index (χ3v) is 3.82. The number of alkyl halides is 1. The Morgan fingerprint density at radius 1 is 1.39 bits per heavy atom. The summed E-state index contributed by atoms with van der Waals surface area (Å²) in [5, 5.41) is 0.141. The van der Waals surface area contributed by atoms with Gasteiger partial charge in [-0.1, -0.05) is 29.8 Å². The van der Waals surface area contributed by atoms with Gasteiger partial charge in [0.1, 0.15) is 0 Å². The molecule has 2 nitrogen and oxygen atoms in total. The van der Waals surface area contributed by atoms with Crippen LogP contribution in [0.3, 0.4) is 0 Å². The van der Waals surface area contributed by atoms with E-state index < -0.39 is 0 Å². The molecule has 0 spiro atoms. The molecule has 2 rings (SSSR count). The fourth-order valence-corrected chi connectivity index (χ4v) is 2.64. The third kappa shape index (κ3) is 3.74. The molecule has 1 unspecified atom stereocenters. The van der Waals surface area contributed by atoms with E-state index in [-0.39, 0.29) is 11.3 Å². The van der Waals surface area contributed by atoms with Crippen molar-refractivity contribution < 1.29 is 4.79 Å². The number of likely N-dealkylation sites (tertiary alicyclic amines) is 1. The van der Waals surface area contributed by atoms with E-state index in [1.807, 2.05) is 4.90 Å². The minimum absolute atomic E-state index is 0.141. The number of hydrogen-bond acceptors (Lipinski definition) is 1. The van der Waals surface area contributed by atoms with E-state index in [0.29, 0.717) is 13.0 Å². The van der Waals surface area contributed by atoms with Gasteiger partial charge >= 0.3 is 0 Å². The molecule has 0 N–H and O–H groups in total. The van der Waals surface area contributed by atoms with Crippen LogP contribution >= 0.6 is 11.6 Å². The maximum atomic E-state index is 12.1. The van der Waals surface area contributed by atoms with Gasteiger partial charge < -0.3 is 4.90 Å². The van der Waals surface area contributed by atoms with Crippen LogP contribution in [-0.4, -0.2) is 29.3 Å². The summed E-state index contributed by atoms with van der Waals surface area (Å²) in [5.74, 6) is 0.237. The Hall–Kier alpha value is -1.02. The number of aryl methyl sites for hydroxylation is 2. The summed E-state index contributed by atoms with van der Waals surface area (Å²) in [7, 11) is 0. The predicted octanol–water partition coefficient (Wildman–Crippen LogP) is 3.16. The number of carbonyl (C=O) groups excluding carboxylic acids is 1. The van der Waals surface area contributed by atoms with Crippen molar-refractivity contribution in [2.45, 2.75) is 38.0 Å². The molecule has 1 heterocycles. The Morgan fingerprint density at radius 2 is 2.11 bits per heavy atom. The molecule has 1 saturated heterocycles. The van der Waals surface area contributed by atoms with Crippen LogP contribution in [0.25, 0.3) is 0 Å². The fourth-order valence-electron chi connectivity index (χ4n) is 2.32. The van der Waals surface area contributed by atoms with Crippen LogP contribution in [0.1, 0.15) is 30.4 Å². The number of nitrogens with zero attached hydrogens (tertiary/aromatic N) is 1. The SMILES string of the molecule is Cc1ccc(CCC(=O)N2CCCC(Cl)C2)cc1. The normalized spacial score (nSPS) is 19.9. The van der Waals surface area contributed by atoms with Gasteiger partial charge in [-0.15, -0.1) is 11.6 Å². The molecule has 18 heavy (non-hydrogen) atoms. The highest BCUT2D eigenvalue weighted by molar-refractivity contribution is 6.20. The van der Waals surface area contributed by atoms with Crippen molar-refractivity contribution >= 4 is 17.5 Å². The smallest absolute Gasteiger partial charge is 0.222 e. The largest absolute Gasteiger partial charge is 0.341 e. The fraction of sp³-hybridized carbons (Fsp3) is 0.533. The summed E-state index contributed by atoms with van der Waals surface area (Å²) in [5.41, 5.74) is 2.49. The first-order valence-electron chi connectivity index (χ1n) is 6.62. The molecular weight excluding hydrogens is 246 g/mol. The first-order chi connectivity index (χ1) is 8.65. The average molecular weight is 266 g/mol. The Labute approximate surface area is 114 Å². The van der Waals surface area contributed by atoms with Crippen molar-refractivity contribution in [3.8, 4) is 0 Å². The molecule has 1 atom stereocenters. The van der Waals surface area contributed by atoms with Gasteiger partial charge in [0.25, 0.3) is 0 Å². The molecule has 0 aromatic heterocycles. The lowest BCUT2D eigenvalue weighted by atomic mass is 10.1. The zero-order valence-corrected chi connectivity index (χ0v) is 11.6. The highest BCUT2D eigenvalue weighted by Crippen LogP contribution is 2.16. The molecule has 0 saturated carbocycles. The Balaban J connectivity index is 1.82. The van der Waals surface area contributed by atoms with E-state index >= 15 is 0 Å². The second-order valence-corrected chi connectivity index (χ2v) is 5.68. The molecule has 0 bridgehead atoms. The molecule has 1 aromatic carbocycles. The molecule has 98 valence electrons. The second-order valence-electron chi connectivity index (χ2n) is 5.06. The van der Waals surface area contributed by atoms with E-state index in [9.17, 15) is 4.79 Å². The topological polar surface area (TPSA) is 20.3 Å². The van der Waals surface area contributed by atoms with Gasteiger partial charge in [-0.3, -0.25) is 4.79 Å². The van der Waals surface area contributed by atoms with E-state index in [0.717, 1.165) is 25.8 Å². The van der Waals surface area contributed by atoms with Crippen LogP contribution in [0.5, 0.6) is 0 Å². The first-order valence-corrected chi connectivity index (χ1v) is 7.06. The van der Waals surface area contributed by atoms with Crippen LogP contribution in [0.2, 0.25) is 0 Å². The minimum Gasteiger partial charge on any atom is -0.341 e. The van der Waals surface area contributed by atoms with Crippen LogP contribution in [-0.2, 0) is 11.2 Å². The molecule has 1 amide bonds. The monoisotopic (exact) mass is 265 g/mol. The zero-order chi connectivity index (χ0) is 13.0. The summed E-state index contributed by atoms with van der Waals surface area (Å²) >= 11 is 6.10. The lowest BCUT2D eigenvalue weighted by Gasteiger charge is -2.29. The van der Waals surface area contributed by atoms with Gasteiger partial charge in [-0.25, -0.2) is 0 Å². The van der Waals surface area contributed by atoms with Gasteiger partial charge in [-0.05, 0) is 31.7 Å². The van der Waals surface area contributed by atoms with Gasteiger partial charge in [0.15, 0.2) is 0 Å². The Morgan fingerprint density at radius 3 is 2.78 bits per heavy atom. The predicted molar refractivity (Wildman–Crippen MR) is 75.0 cm³/mol. The number of benzene rings is 1. The average Bonchev–Trinajstić information content (AvgIpc) is 2.38. The molecule has 1 aliphatic heterocycles. The van der Waals surface area contributed by atoms with Gasteiger partial charge in [-0.2, -0.15) is 0 Å². The summed E-state index contributed by atoms with van der Waals surface area (Å²) < 4.78 is 0. The maximum Gasteiger partial charge on any atom is 0.222 e. The number of rotatable bonds is 3. The van der Waals surface area contributed by atoms with Gasteiger partial charge in [0, 0.05) is 19.5 Å². The molecule has 0 aliphatic carbocycles. The number of halogens is 1. The summed E-state index contributed by atoms with van der Waals surface area (Å²) in [4.78, 5) is 14.0. The van der Waals surface area contributed by atoms with Crippen molar-refractivity contribution in [1.29, 1.82) is 0 Å². The van der Waals surface area contributed by atoms with Crippen molar-refractivity contribution in [3.05, 3.63) is 35.4 Å². The number of amides is 1. The van der Waals surface area contributed by atoms with Gasteiger partial charge in [0.05, 0.1) is 5.38 Å². The molecule has 1 fully saturated rings. The van der Waals surface area contributed by atoms with E-state index in [1.54, 1.807) is 0 Å². The second kappa shape index (κ2) is 6.24. The highest BCUT2D eigenvalue weighted by Gasteiger charge is 2.21. The van der Waals surface area contributed by atoms with Crippen LogP contribution < -0.4 is 0 Å². The number of hydrogen-bond donors (Lipinski definition) is 0. The number of carbonyl (C=O) groups is 1. The molecular formula is C15H20ClNO. The lowest BCUT2D eigenvalue weighted by Crippen LogP contribution is -2.40. The van der Waals surface area contributed by atoms with Crippen molar-refractivity contribution in [2.75, 3.05) is 13.1 Å². The minimum atomic E-state index is 0.141. The summed E-state index contributed by atoms with van der Waals surface area (Å²) in [6, 6.07) is 8.39. The van der Waals surface area contributed by atoms with E-state index in [2.05, 4.69) is 31.2 Å². The van der Waals surface area contributed by atoms with Crippen molar-refractivity contribution in [1.82, 2.24) is 4.90 Å². The highest BCUT2D eigenvalue weighted by atomic mass is 35.5. The van der Waals surface area contributed by atoms with E-state index in [1.165, 1.54) is 11.1 Å². The maximum absolute atomic E-state index is 12.1. The zero-order valence-electron chi connectivity index (χ0n) is 10.9. The molecule has 1 aliphatic rings. The summed E-state index contributed by atoms with van der Waals surface area (Å²) in [6.07, 6.45) is 3.48. The summed E-state index contributed by atoms with van der Waals surface area (Å²) in [6.45, 7) is 3.66. The van der Waals surface area contributed by atoms with Crippen molar-refractivity contribution in [2.24, 2.45) is 0 Å². The standard InChI is InChI=1S/C15H20ClNO/c1-12-4-6-13(7-5-12)8-9-15(18)17-10-2-3-14(16)11-17/h4-7,14H,2-3,8-11H2,1H3. The quantitative estimate of drug-likeness (QED) is 0.769. The lowest BCUT2D eigenvalue weighted by molar-refractivity contribution is -0.131. The third-order valence-electron chi connectivity index (χ3n) is 3.46. The molecule has 3 heteroatoms. The van der Waals surface area contributed by atoms with Crippen LogP contribution in [0.4, 0.5) is 0 Å². The Bertz CT molecular complexity index is 401. The van der Waals surface area contributed by atoms with Crippen LogP contribution in [0, 0.1) is 6.92 Å². The number of piperidine rings is 1. The van der Waals surface area contributed by atoms with Gasteiger partial charge in [0.2, 0.25) is 5.91 Å². The molecule has 0 radical (unpaired) electrons. The molecule has 1 aromatic rings. The van der Waals surface area contributed by atoms with Crippen molar-refractivity contribution in [3.63, 3.8) is 0 Å². The first kappa shape index (κ1) is 13.4. The Kier molecular flexibility index (Phi) is 4.65.